The third kappa shape index (κ3) is 3.70. The Kier molecular flexibility index (Phi) is 5.14. The Bertz CT molecular complexity index is 572. The topological polar surface area (TPSA) is 34.1 Å². The minimum atomic E-state index is -0.0945. The van der Waals surface area contributed by atoms with Crippen molar-refractivity contribution in [1.82, 2.24) is 10.3 Å². The average Bonchev–Trinajstić information content (AvgIpc) is 2.85. The third-order valence-electron chi connectivity index (χ3n) is 3.32. The van der Waals surface area contributed by atoms with E-state index in [9.17, 15) is 0 Å². The van der Waals surface area contributed by atoms with Crippen LogP contribution in [0, 0.1) is 0 Å². The lowest BCUT2D eigenvalue weighted by molar-refractivity contribution is 0.136. The minimum Gasteiger partial charge on any atom is -0.370 e. The van der Waals surface area contributed by atoms with Crippen molar-refractivity contribution >= 4 is 11.3 Å². The van der Waals surface area contributed by atoms with Crippen molar-refractivity contribution in [1.29, 1.82) is 0 Å². The maximum absolute atomic E-state index is 5.71. The quantitative estimate of drug-likeness (QED) is 0.910. The molecule has 1 aromatic heterocycles. The number of nitrogens with one attached hydrogen (secondary N) is 1. The van der Waals surface area contributed by atoms with E-state index in [1.165, 1.54) is 4.88 Å². The summed E-state index contributed by atoms with van der Waals surface area (Å²) in [5, 5.41) is 4.26. The van der Waals surface area contributed by atoms with Crippen LogP contribution in [0.1, 0.15) is 48.0 Å². The molecule has 0 radical (unpaired) electrons. The molecule has 1 N–H and O–H groups in total. The molecule has 0 spiro atoms. The molecule has 1 aromatic carbocycles. The molecule has 2 aromatic rings. The van der Waals surface area contributed by atoms with Gasteiger partial charge in [0.25, 0.3) is 0 Å². The average molecular weight is 304 g/mol. The van der Waals surface area contributed by atoms with Crippen molar-refractivity contribution < 1.29 is 4.74 Å². The lowest BCUT2D eigenvalue weighted by Gasteiger charge is -2.17. The van der Waals surface area contributed by atoms with Crippen molar-refractivity contribution in [3.63, 3.8) is 0 Å². The Balaban J connectivity index is 2.43. The zero-order chi connectivity index (χ0) is 15.5. The number of benzene rings is 1. The van der Waals surface area contributed by atoms with E-state index in [0.29, 0.717) is 0 Å². The van der Waals surface area contributed by atoms with Gasteiger partial charge in [0.15, 0.2) is 0 Å². The highest BCUT2D eigenvalue weighted by Gasteiger charge is 2.26. The second kappa shape index (κ2) is 6.69. The molecule has 21 heavy (non-hydrogen) atoms. The van der Waals surface area contributed by atoms with Crippen molar-refractivity contribution in [2.24, 2.45) is 0 Å². The first-order chi connectivity index (χ1) is 9.97. The van der Waals surface area contributed by atoms with Crippen molar-refractivity contribution in [3.8, 4) is 0 Å². The van der Waals surface area contributed by atoms with E-state index in [1.807, 2.05) is 25.2 Å². The normalized spacial score (nSPS) is 13.4. The molecule has 0 aliphatic carbocycles. The van der Waals surface area contributed by atoms with E-state index < -0.39 is 0 Å². The first-order valence-electron chi connectivity index (χ1n) is 7.19. The Morgan fingerprint density at radius 1 is 1.24 bits per heavy atom. The van der Waals surface area contributed by atoms with Crippen LogP contribution in [-0.2, 0) is 16.7 Å². The fourth-order valence-corrected chi connectivity index (χ4v) is 3.75. The van der Waals surface area contributed by atoms with Gasteiger partial charge in [-0.1, -0.05) is 51.1 Å². The van der Waals surface area contributed by atoms with Crippen molar-refractivity contribution in [2.75, 3.05) is 14.2 Å². The van der Waals surface area contributed by atoms with Gasteiger partial charge in [0.2, 0.25) is 0 Å². The second-order valence-corrected chi connectivity index (χ2v) is 7.25. The summed E-state index contributed by atoms with van der Waals surface area (Å²) in [4.78, 5) is 6.19. The summed E-state index contributed by atoms with van der Waals surface area (Å²) in [6.07, 6.45) is -0.0945. The van der Waals surface area contributed by atoms with Gasteiger partial charge in [-0.3, -0.25) is 0 Å². The highest BCUT2D eigenvalue weighted by Crippen LogP contribution is 2.35. The molecule has 0 aliphatic heterocycles. The van der Waals surface area contributed by atoms with Crippen molar-refractivity contribution in [3.05, 3.63) is 51.5 Å². The van der Waals surface area contributed by atoms with E-state index in [4.69, 9.17) is 9.72 Å². The molecule has 0 amide bonds. The van der Waals surface area contributed by atoms with Gasteiger partial charge < -0.3 is 10.1 Å². The number of thiazole rings is 1. The predicted molar refractivity (Wildman–Crippen MR) is 88.9 cm³/mol. The SMILES string of the molecule is CNCc1sc(C(OC)c2ccccc2)nc1C(C)(C)C. The Labute approximate surface area is 131 Å². The lowest BCUT2D eigenvalue weighted by Crippen LogP contribution is -2.17. The molecule has 0 aliphatic rings. The molecular weight excluding hydrogens is 280 g/mol. The Morgan fingerprint density at radius 3 is 2.43 bits per heavy atom. The Morgan fingerprint density at radius 2 is 1.90 bits per heavy atom. The van der Waals surface area contributed by atoms with E-state index in [2.05, 4.69) is 38.2 Å². The van der Waals surface area contributed by atoms with Crippen LogP contribution in [0.5, 0.6) is 0 Å². The second-order valence-electron chi connectivity index (χ2n) is 6.13. The van der Waals surface area contributed by atoms with Gasteiger partial charge in [0.05, 0.1) is 5.69 Å². The van der Waals surface area contributed by atoms with Crippen LogP contribution < -0.4 is 5.32 Å². The highest BCUT2D eigenvalue weighted by atomic mass is 32.1. The van der Waals surface area contributed by atoms with Gasteiger partial charge in [0, 0.05) is 23.9 Å². The summed E-state index contributed by atoms with van der Waals surface area (Å²) >= 11 is 1.74. The number of rotatable bonds is 5. The van der Waals surface area contributed by atoms with Crippen molar-refractivity contribution in [2.45, 2.75) is 38.8 Å². The number of nitrogens with zero attached hydrogens (tertiary/aromatic N) is 1. The molecule has 4 heteroatoms. The van der Waals surface area contributed by atoms with Gasteiger partial charge in [-0.15, -0.1) is 11.3 Å². The summed E-state index contributed by atoms with van der Waals surface area (Å²) in [7, 11) is 3.71. The largest absolute Gasteiger partial charge is 0.370 e. The molecular formula is C17H24N2OS. The van der Waals surface area contributed by atoms with Gasteiger partial charge in [-0.2, -0.15) is 0 Å². The minimum absolute atomic E-state index is 0.0376. The fourth-order valence-electron chi connectivity index (χ4n) is 2.36. The molecule has 0 saturated carbocycles. The first kappa shape index (κ1) is 16.1. The highest BCUT2D eigenvalue weighted by molar-refractivity contribution is 7.11. The summed E-state index contributed by atoms with van der Waals surface area (Å²) < 4.78 is 5.71. The molecule has 1 heterocycles. The maximum Gasteiger partial charge on any atom is 0.134 e. The van der Waals surface area contributed by atoms with Crippen LogP contribution in [0.3, 0.4) is 0 Å². The summed E-state index contributed by atoms with van der Waals surface area (Å²) in [6, 6.07) is 10.3. The van der Waals surface area contributed by atoms with Gasteiger partial charge in [-0.05, 0) is 12.6 Å². The maximum atomic E-state index is 5.71. The molecule has 1 atom stereocenters. The molecule has 0 fully saturated rings. The van der Waals surface area contributed by atoms with Crippen LogP contribution in [-0.4, -0.2) is 19.1 Å². The standard InChI is InChI=1S/C17H24N2OS/c1-17(2,3)15-13(11-18-4)21-16(19-15)14(20-5)12-9-7-6-8-10-12/h6-10,14,18H,11H2,1-5H3. The van der Waals surface area contributed by atoms with E-state index in [0.717, 1.165) is 22.8 Å². The molecule has 0 bridgehead atoms. The van der Waals surface area contributed by atoms with Gasteiger partial charge >= 0.3 is 0 Å². The monoisotopic (exact) mass is 304 g/mol. The number of ether oxygens (including phenoxy) is 1. The molecule has 2 rings (SSSR count). The predicted octanol–water partition coefficient (Wildman–Crippen LogP) is 3.90. The van der Waals surface area contributed by atoms with Crippen LogP contribution in [0.25, 0.3) is 0 Å². The fraction of sp³-hybridized carbons (Fsp3) is 0.471. The number of hydrogen-bond acceptors (Lipinski definition) is 4. The van der Waals surface area contributed by atoms with Gasteiger partial charge in [0.1, 0.15) is 11.1 Å². The summed E-state index contributed by atoms with van der Waals surface area (Å²) in [6.45, 7) is 7.45. The Hall–Kier alpha value is -1.23. The van der Waals surface area contributed by atoms with Crippen LogP contribution in [0.15, 0.2) is 30.3 Å². The molecule has 3 nitrogen and oxygen atoms in total. The lowest BCUT2D eigenvalue weighted by atomic mass is 9.91. The zero-order valence-corrected chi connectivity index (χ0v) is 14.3. The third-order valence-corrected chi connectivity index (χ3v) is 4.42. The van der Waals surface area contributed by atoms with Gasteiger partial charge in [-0.25, -0.2) is 4.98 Å². The molecule has 1 unspecified atom stereocenters. The zero-order valence-electron chi connectivity index (χ0n) is 13.4. The van der Waals surface area contributed by atoms with E-state index >= 15 is 0 Å². The summed E-state index contributed by atoms with van der Waals surface area (Å²) in [5.74, 6) is 0. The van der Waals surface area contributed by atoms with E-state index in [-0.39, 0.29) is 11.5 Å². The molecule has 0 saturated heterocycles. The van der Waals surface area contributed by atoms with Crippen LogP contribution in [0.2, 0.25) is 0 Å². The summed E-state index contributed by atoms with van der Waals surface area (Å²) in [5.41, 5.74) is 2.34. The molecule has 114 valence electrons. The van der Waals surface area contributed by atoms with Crippen LogP contribution >= 0.6 is 11.3 Å². The van der Waals surface area contributed by atoms with Crippen LogP contribution in [0.4, 0.5) is 0 Å². The smallest absolute Gasteiger partial charge is 0.134 e. The number of hydrogen-bond donors (Lipinski definition) is 1. The van der Waals surface area contributed by atoms with E-state index in [1.54, 1.807) is 18.4 Å². The number of aromatic nitrogens is 1. The first-order valence-corrected chi connectivity index (χ1v) is 8.01. The number of methoxy groups -OCH3 is 1.